The van der Waals surface area contributed by atoms with Gasteiger partial charge in [-0.15, -0.1) is 0 Å². The molecule has 0 N–H and O–H groups in total. The second kappa shape index (κ2) is 17.5. The summed E-state index contributed by atoms with van der Waals surface area (Å²) in [4.78, 5) is 2.52. The van der Waals surface area contributed by atoms with Gasteiger partial charge in [0.1, 0.15) is 0 Å². The van der Waals surface area contributed by atoms with Crippen molar-refractivity contribution in [3.8, 4) is 44.5 Å². The van der Waals surface area contributed by atoms with Gasteiger partial charge in [-0.2, -0.15) is 0 Å². The van der Waals surface area contributed by atoms with Crippen LogP contribution in [0.1, 0.15) is 99.6 Å². The number of hydrogen-bond acceptors (Lipinski definition) is 1. The molecule has 0 aliphatic heterocycles. The third kappa shape index (κ3) is 6.81. The number of aryl methyl sites for hydroxylation is 2. The van der Waals surface area contributed by atoms with Gasteiger partial charge in [0.2, 0.25) is 0 Å². The maximum absolute atomic E-state index is 2.54. The number of fused-ring (bicyclic) bond motifs is 10. The quantitative estimate of drug-likeness (QED) is 0.117. The highest BCUT2D eigenvalue weighted by atomic mass is 15.1. The molecule has 356 valence electrons. The van der Waals surface area contributed by atoms with Gasteiger partial charge in [0, 0.05) is 27.3 Å². The summed E-state index contributed by atoms with van der Waals surface area (Å²) in [7, 11) is 0. The van der Waals surface area contributed by atoms with Gasteiger partial charge in [-0.3, -0.25) is 0 Å². The highest BCUT2D eigenvalue weighted by Crippen LogP contribution is 2.59. The zero-order valence-electron chi connectivity index (χ0n) is 43.2. The molecule has 11 aromatic carbocycles. The largest absolute Gasteiger partial charge is 0.309 e. The molecule has 11 aromatic rings. The molecule has 0 saturated heterocycles. The molecule has 0 radical (unpaired) electrons. The number of unbranched alkanes of at least 4 members (excludes halogenated alkanes) is 2. The summed E-state index contributed by atoms with van der Waals surface area (Å²) in [5.74, 6) is 0. The van der Waals surface area contributed by atoms with Crippen LogP contribution in [-0.4, -0.2) is 0 Å². The minimum Gasteiger partial charge on any atom is -0.309 e. The Bertz CT molecular complexity index is 3860. The predicted octanol–water partition coefficient (Wildman–Crippen LogP) is 20.7. The Balaban J connectivity index is 0.983. The molecule has 0 amide bonds. The van der Waals surface area contributed by atoms with Crippen molar-refractivity contribution in [3.63, 3.8) is 0 Å². The average Bonchev–Trinajstić information content (AvgIpc) is 3.84. The van der Waals surface area contributed by atoms with E-state index in [9.17, 15) is 0 Å². The van der Waals surface area contributed by atoms with Gasteiger partial charge < -0.3 is 4.90 Å². The fourth-order valence-electron chi connectivity index (χ4n) is 13.8. The summed E-state index contributed by atoms with van der Waals surface area (Å²) >= 11 is 0. The Kier molecular flexibility index (Phi) is 10.8. The number of hydrogen-bond donors (Lipinski definition) is 0. The van der Waals surface area contributed by atoms with Crippen molar-refractivity contribution in [2.45, 2.75) is 90.9 Å². The Hall–Kier alpha value is -7.74. The minimum atomic E-state index is -0.265. The van der Waals surface area contributed by atoms with Crippen molar-refractivity contribution in [1.82, 2.24) is 0 Å². The van der Waals surface area contributed by atoms with Gasteiger partial charge in [-0.1, -0.05) is 223 Å². The monoisotopic (exact) mass is 941 g/mol. The van der Waals surface area contributed by atoms with Crippen LogP contribution >= 0.6 is 0 Å². The topological polar surface area (TPSA) is 3.24 Å². The Labute approximate surface area is 431 Å². The first-order valence-electron chi connectivity index (χ1n) is 27.0. The van der Waals surface area contributed by atoms with Crippen LogP contribution in [0, 0.1) is 13.8 Å². The summed E-state index contributed by atoms with van der Waals surface area (Å²) in [6.07, 6.45) is 7.11. The Morgan fingerprint density at radius 1 is 0.370 bits per heavy atom. The van der Waals surface area contributed by atoms with Gasteiger partial charge in [-0.05, 0) is 167 Å². The van der Waals surface area contributed by atoms with Crippen LogP contribution in [0.2, 0.25) is 0 Å². The van der Waals surface area contributed by atoms with Crippen LogP contribution in [-0.2, 0) is 10.8 Å². The molecule has 73 heavy (non-hydrogen) atoms. The summed E-state index contributed by atoms with van der Waals surface area (Å²) < 4.78 is 0. The van der Waals surface area contributed by atoms with E-state index in [1.54, 1.807) is 5.56 Å². The highest BCUT2D eigenvalue weighted by molar-refractivity contribution is 6.22. The van der Waals surface area contributed by atoms with E-state index in [1.165, 1.54) is 158 Å². The molecule has 0 heterocycles. The van der Waals surface area contributed by atoms with Gasteiger partial charge >= 0.3 is 0 Å². The average molecular weight is 942 g/mol. The van der Waals surface area contributed by atoms with Crippen LogP contribution in [0.15, 0.2) is 200 Å². The van der Waals surface area contributed by atoms with E-state index < -0.39 is 0 Å². The van der Waals surface area contributed by atoms with E-state index in [-0.39, 0.29) is 10.8 Å². The van der Waals surface area contributed by atoms with Crippen molar-refractivity contribution >= 4 is 60.2 Å². The van der Waals surface area contributed by atoms with E-state index in [4.69, 9.17) is 0 Å². The SMILES string of the molecule is CCCCC1(CCCC)c2ccccc2-c2cccc(-c3c4ccccc4c(-c4ccc5c(c4)C(C)(C)c4cc(N(c6ccc(C)c7ccccc67)c6ccc(C)c7ccccc67)ccc4-5)c4ccccc34)c21. The summed E-state index contributed by atoms with van der Waals surface area (Å²) in [6, 6.07) is 76.8. The summed E-state index contributed by atoms with van der Waals surface area (Å²) in [5, 5.41) is 10.3. The molecule has 2 aliphatic carbocycles. The maximum atomic E-state index is 2.54. The van der Waals surface area contributed by atoms with E-state index in [0.717, 1.165) is 12.8 Å². The highest BCUT2D eigenvalue weighted by Gasteiger charge is 2.44. The molecular formula is C72H63N. The zero-order chi connectivity index (χ0) is 49.6. The van der Waals surface area contributed by atoms with E-state index in [0.29, 0.717) is 0 Å². The van der Waals surface area contributed by atoms with Crippen molar-refractivity contribution < 1.29 is 0 Å². The lowest BCUT2D eigenvalue weighted by molar-refractivity contribution is 0.415. The predicted molar refractivity (Wildman–Crippen MR) is 314 cm³/mol. The molecular weight excluding hydrogens is 879 g/mol. The van der Waals surface area contributed by atoms with E-state index in [1.807, 2.05) is 0 Å². The first-order chi connectivity index (χ1) is 35.7. The molecule has 0 saturated carbocycles. The molecule has 0 aromatic heterocycles. The summed E-state index contributed by atoms with van der Waals surface area (Å²) in [5.41, 5.74) is 22.4. The van der Waals surface area contributed by atoms with Crippen LogP contribution in [0.25, 0.3) is 87.6 Å². The normalized spacial score (nSPS) is 13.9. The third-order valence-corrected chi connectivity index (χ3v) is 17.3. The maximum Gasteiger partial charge on any atom is 0.0540 e. The molecule has 1 nitrogen and oxygen atoms in total. The molecule has 1 heteroatoms. The molecule has 2 aliphatic rings. The van der Waals surface area contributed by atoms with E-state index >= 15 is 0 Å². The van der Waals surface area contributed by atoms with Crippen LogP contribution in [0.3, 0.4) is 0 Å². The van der Waals surface area contributed by atoms with Crippen molar-refractivity contribution in [2.75, 3.05) is 4.90 Å². The fourth-order valence-corrected chi connectivity index (χ4v) is 13.8. The van der Waals surface area contributed by atoms with Gasteiger partial charge in [0.05, 0.1) is 11.4 Å². The third-order valence-electron chi connectivity index (χ3n) is 17.3. The molecule has 0 fully saturated rings. The van der Waals surface area contributed by atoms with Crippen molar-refractivity contribution in [2.24, 2.45) is 0 Å². The van der Waals surface area contributed by atoms with Crippen molar-refractivity contribution in [1.29, 1.82) is 0 Å². The first kappa shape index (κ1) is 45.1. The second-order valence-corrected chi connectivity index (χ2v) is 21.7. The molecule has 13 rings (SSSR count). The van der Waals surface area contributed by atoms with E-state index in [2.05, 4.69) is 247 Å². The molecule has 0 bridgehead atoms. The number of anilines is 3. The van der Waals surface area contributed by atoms with Crippen LogP contribution < -0.4 is 4.90 Å². The zero-order valence-corrected chi connectivity index (χ0v) is 43.2. The fraction of sp³-hybridized carbons (Fsp3) is 0.194. The molecule has 0 spiro atoms. The van der Waals surface area contributed by atoms with Crippen LogP contribution in [0.4, 0.5) is 17.1 Å². The Morgan fingerprint density at radius 3 is 1.40 bits per heavy atom. The summed E-state index contributed by atoms with van der Waals surface area (Å²) in [6.45, 7) is 14.0. The second-order valence-electron chi connectivity index (χ2n) is 21.7. The lowest BCUT2D eigenvalue weighted by Gasteiger charge is -2.34. The minimum absolute atomic E-state index is 0.0330. The number of benzene rings is 11. The van der Waals surface area contributed by atoms with Gasteiger partial charge in [-0.25, -0.2) is 0 Å². The Morgan fingerprint density at radius 2 is 0.822 bits per heavy atom. The molecule has 0 atom stereocenters. The van der Waals surface area contributed by atoms with Crippen molar-refractivity contribution in [3.05, 3.63) is 234 Å². The standard InChI is InChI=1S/C72H63N/c1-7-9-42-72(43-10-8-2)63-33-20-19-24-52(63)61-31-21-32-62(70(61)72)69-59-29-17-15-27-57(59)68(58-28-16-18-30-60(58)69)48-36-38-53-54-39-37-49(45-65(54)71(5,6)64(53)44-48)73(66-40-34-46(3)50-22-11-13-25-55(50)66)67-41-35-47(4)51-23-12-14-26-56(51)67/h11-41,44-45H,7-10,42-43H2,1-6H3. The van der Waals surface area contributed by atoms with Gasteiger partial charge in [0.15, 0.2) is 0 Å². The molecule has 0 unspecified atom stereocenters. The van der Waals surface area contributed by atoms with Crippen LogP contribution in [0.5, 0.6) is 0 Å². The lowest BCUT2D eigenvalue weighted by atomic mass is 9.68. The smallest absolute Gasteiger partial charge is 0.0540 e. The lowest BCUT2D eigenvalue weighted by Crippen LogP contribution is -2.26. The number of rotatable bonds is 11. The number of nitrogens with zero attached hydrogens (tertiary/aromatic N) is 1. The van der Waals surface area contributed by atoms with Gasteiger partial charge in [0.25, 0.3) is 0 Å². The first-order valence-corrected chi connectivity index (χ1v) is 27.0.